The third-order valence-corrected chi connectivity index (χ3v) is 5.86. The van der Waals surface area contributed by atoms with Crippen molar-refractivity contribution in [1.29, 1.82) is 0 Å². The van der Waals surface area contributed by atoms with Crippen LogP contribution in [0.25, 0.3) is 0 Å². The molecule has 3 rings (SSSR count). The highest BCUT2D eigenvalue weighted by molar-refractivity contribution is 6.09. The van der Waals surface area contributed by atoms with Crippen molar-refractivity contribution >= 4 is 17.8 Å². The summed E-state index contributed by atoms with van der Waals surface area (Å²) in [6.45, 7) is 3.30. The van der Waals surface area contributed by atoms with E-state index in [4.69, 9.17) is 4.74 Å². The SMILES string of the molecule is COc1ccc(C(C)NC(=O)CN2C(=O)NC3(CCCCC3C)C2=O)cc1F. The first-order valence-electron chi connectivity index (χ1n) is 9.55. The highest BCUT2D eigenvalue weighted by atomic mass is 19.1. The van der Waals surface area contributed by atoms with Crippen molar-refractivity contribution in [3.05, 3.63) is 29.6 Å². The maximum atomic E-state index is 13.9. The van der Waals surface area contributed by atoms with Crippen LogP contribution in [-0.2, 0) is 9.59 Å². The Morgan fingerprint density at radius 2 is 2.18 bits per heavy atom. The number of benzene rings is 1. The molecule has 1 aliphatic heterocycles. The average molecular weight is 391 g/mol. The van der Waals surface area contributed by atoms with Crippen LogP contribution in [0.5, 0.6) is 5.75 Å². The second kappa shape index (κ2) is 7.77. The topological polar surface area (TPSA) is 87.7 Å². The first kappa shape index (κ1) is 20.1. The Bertz CT molecular complexity index is 800. The van der Waals surface area contributed by atoms with Crippen molar-refractivity contribution in [2.45, 2.75) is 51.1 Å². The third-order valence-electron chi connectivity index (χ3n) is 5.86. The quantitative estimate of drug-likeness (QED) is 0.755. The van der Waals surface area contributed by atoms with E-state index in [1.54, 1.807) is 13.0 Å². The van der Waals surface area contributed by atoms with Gasteiger partial charge in [0.25, 0.3) is 5.91 Å². The molecule has 1 aromatic rings. The second-order valence-electron chi connectivity index (χ2n) is 7.62. The molecule has 3 atom stereocenters. The van der Waals surface area contributed by atoms with Crippen molar-refractivity contribution < 1.29 is 23.5 Å². The van der Waals surface area contributed by atoms with Crippen LogP contribution in [0.15, 0.2) is 18.2 Å². The molecule has 1 saturated carbocycles. The van der Waals surface area contributed by atoms with E-state index >= 15 is 0 Å². The number of rotatable bonds is 5. The lowest BCUT2D eigenvalue weighted by Crippen LogP contribution is -2.54. The third kappa shape index (κ3) is 3.55. The molecule has 0 aromatic heterocycles. The van der Waals surface area contributed by atoms with E-state index in [1.165, 1.54) is 19.2 Å². The fourth-order valence-corrected chi connectivity index (χ4v) is 4.11. The van der Waals surface area contributed by atoms with Crippen molar-refractivity contribution in [3.63, 3.8) is 0 Å². The molecule has 28 heavy (non-hydrogen) atoms. The normalized spacial score (nSPS) is 25.6. The van der Waals surface area contributed by atoms with Crippen LogP contribution < -0.4 is 15.4 Å². The number of hydrogen-bond donors (Lipinski definition) is 2. The van der Waals surface area contributed by atoms with Gasteiger partial charge >= 0.3 is 6.03 Å². The van der Waals surface area contributed by atoms with Crippen LogP contribution in [0.4, 0.5) is 9.18 Å². The van der Waals surface area contributed by atoms with Crippen LogP contribution >= 0.6 is 0 Å². The largest absolute Gasteiger partial charge is 0.494 e. The van der Waals surface area contributed by atoms with Crippen LogP contribution in [0.1, 0.15) is 51.1 Å². The molecular formula is C20H26FN3O4. The number of urea groups is 1. The number of carbonyl (C=O) groups is 3. The molecule has 0 radical (unpaired) electrons. The Hall–Kier alpha value is -2.64. The van der Waals surface area contributed by atoms with Gasteiger partial charge in [-0.05, 0) is 43.4 Å². The Balaban J connectivity index is 1.65. The number of nitrogens with zero attached hydrogens (tertiary/aromatic N) is 1. The van der Waals surface area contributed by atoms with Gasteiger partial charge < -0.3 is 15.4 Å². The molecule has 7 nitrogen and oxygen atoms in total. The molecule has 2 aliphatic rings. The summed E-state index contributed by atoms with van der Waals surface area (Å²) in [6.07, 6.45) is 3.36. The van der Waals surface area contributed by atoms with Gasteiger partial charge in [0, 0.05) is 0 Å². The minimum Gasteiger partial charge on any atom is -0.494 e. The Morgan fingerprint density at radius 3 is 2.82 bits per heavy atom. The van der Waals surface area contributed by atoms with E-state index in [0.717, 1.165) is 24.2 Å². The van der Waals surface area contributed by atoms with Crippen LogP contribution in [0.3, 0.4) is 0 Å². The first-order valence-corrected chi connectivity index (χ1v) is 9.55. The van der Waals surface area contributed by atoms with Gasteiger partial charge in [0.05, 0.1) is 13.2 Å². The maximum Gasteiger partial charge on any atom is 0.325 e. The molecule has 1 aromatic carbocycles. The highest BCUT2D eigenvalue weighted by Gasteiger charge is 2.55. The Kier molecular flexibility index (Phi) is 5.58. The van der Waals surface area contributed by atoms with Crippen LogP contribution in [0.2, 0.25) is 0 Å². The zero-order valence-electron chi connectivity index (χ0n) is 16.4. The number of amides is 4. The summed E-state index contributed by atoms with van der Waals surface area (Å²) in [5, 5.41) is 5.53. The average Bonchev–Trinajstić information content (AvgIpc) is 2.89. The second-order valence-corrected chi connectivity index (χ2v) is 7.62. The molecule has 8 heteroatoms. The fraction of sp³-hybridized carbons (Fsp3) is 0.550. The molecule has 1 saturated heterocycles. The van der Waals surface area contributed by atoms with E-state index in [2.05, 4.69) is 10.6 Å². The van der Waals surface area contributed by atoms with Gasteiger partial charge in [-0.15, -0.1) is 0 Å². The molecule has 4 amide bonds. The maximum absolute atomic E-state index is 13.9. The van der Waals surface area contributed by atoms with Crippen LogP contribution in [0, 0.1) is 11.7 Å². The molecule has 152 valence electrons. The predicted octanol–water partition coefficient (Wildman–Crippen LogP) is 2.51. The number of ether oxygens (including phenoxy) is 1. The monoisotopic (exact) mass is 391 g/mol. The van der Waals surface area contributed by atoms with Gasteiger partial charge in [0.15, 0.2) is 11.6 Å². The molecule has 1 spiro atoms. The van der Waals surface area contributed by atoms with Crippen LogP contribution in [-0.4, -0.2) is 41.9 Å². The smallest absolute Gasteiger partial charge is 0.325 e. The van der Waals surface area contributed by atoms with Crippen molar-refractivity contribution in [2.24, 2.45) is 5.92 Å². The van der Waals surface area contributed by atoms with Crippen molar-refractivity contribution in [2.75, 3.05) is 13.7 Å². The number of nitrogens with one attached hydrogen (secondary N) is 2. The minimum atomic E-state index is -0.889. The van der Waals surface area contributed by atoms with Gasteiger partial charge in [-0.25, -0.2) is 9.18 Å². The van der Waals surface area contributed by atoms with E-state index < -0.39 is 29.3 Å². The Labute approximate surface area is 163 Å². The van der Waals surface area contributed by atoms with Crippen molar-refractivity contribution in [3.8, 4) is 5.75 Å². The zero-order chi connectivity index (χ0) is 20.5. The summed E-state index contributed by atoms with van der Waals surface area (Å²) in [7, 11) is 1.38. The lowest BCUT2D eigenvalue weighted by Gasteiger charge is -2.36. The van der Waals surface area contributed by atoms with Gasteiger partial charge in [0.2, 0.25) is 5.91 Å². The molecule has 3 unspecified atom stereocenters. The summed E-state index contributed by atoms with van der Waals surface area (Å²) in [5.74, 6) is -1.18. The number of imide groups is 1. The minimum absolute atomic E-state index is 0.0342. The lowest BCUT2D eigenvalue weighted by molar-refractivity contribution is -0.137. The predicted molar refractivity (Wildman–Crippen MR) is 100 cm³/mol. The van der Waals surface area contributed by atoms with E-state index in [9.17, 15) is 18.8 Å². The number of halogens is 1. The first-order chi connectivity index (χ1) is 13.3. The van der Waals surface area contributed by atoms with E-state index in [-0.39, 0.29) is 24.1 Å². The molecule has 2 N–H and O–H groups in total. The van der Waals surface area contributed by atoms with E-state index in [1.807, 2.05) is 6.92 Å². The fourth-order valence-electron chi connectivity index (χ4n) is 4.11. The summed E-state index contributed by atoms with van der Waals surface area (Å²) in [5.41, 5.74) is -0.332. The lowest BCUT2D eigenvalue weighted by atomic mass is 9.73. The summed E-state index contributed by atoms with van der Waals surface area (Å²) < 4.78 is 18.8. The van der Waals surface area contributed by atoms with Gasteiger partial charge in [-0.3, -0.25) is 14.5 Å². The molecule has 1 aliphatic carbocycles. The zero-order valence-corrected chi connectivity index (χ0v) is 16.4. The van der Waals surface area contributed by atoms with Gasteiger partial charge in [-0.1, -0.05) is 25.8 Å². The summed E-state index contributed by atoms with van der Waals surface area (Å²) in [4.78, 5) is 38.7. The number of carbonyl (C=O) groups excluding carboxylic acids is 3. The summed E-state index contributed by atoms with van der Waals surface area (Å²) >= 11 is 0. The summed E-state index contributed by atoms with van der Waals surface area (Å²) in [6, 6.07) is 3.40. The molecule has 1 heterocycles. The molecular weight excluding hydrogens is 365 g/mol. The number of hydrogen-bond acceptors (Lipinski definition) is 4. The molecule has 0 bridgehead atoms. The van der Waals surface area contributed by atoms with Gasteiger partial charge in [-0.2, -0.15) is 0 Å². The number of methoxy groups -OCH3 is 1. The van der Waals surface area contributed by atoms with Crippen molar-refractivity contribution in [1.82, 2.24) is 15.5 Å². The highest BCUT2D eigenvalue weighted by Crippen LogP contribution is 2.38. The Morgan fingerprint density at radius 1 is 1.43 bits per heavy atom. The van der Waals surface area contributed by atoms with E-state index in [0.29, 0.717) is 12.0 Å². The van der Waals surface area contributed by atoms with Gasteiger partial charge in [0.1, 0.15) is 12.1 Å². The standard InChI is InChI=1S/C20H26FN3O4/c1-12-6-4-5-9-20(12)18(26)24(19(27)23-20)11-17(25)22-13(2)14-7-8-16(28-3)15(21)10-14/h7-8,10,12-13H,4-6,9,11H2,1-3H3,(H,22,25)(H,23,27). The molecule has 2 fully saturated rings.